The average molecular weight is 587 g/mol. The van der Waals surface area contributed by atoms with E-state index >= 15 is 0 Å². The number of thiazole rings is 1. The van der Waals surface area contributed by atoms with Crippen LogP contribution in [-0.2, 0) is 25.8 Å². The highest BCUT2D eigenvalue weighted by atomic mass is 35.5. The molecule has 0 aliphatic carbocycles. The lowest BCUT2D eigenvalue weighted by atomic mass is 10.0. The number of halogens is 1. The standard InChI is InChI=1S/C23H19ClN8O5S2/c1-2-37-29-15(14-18(24)39-23(26)28-14)19(33)27-16-20(34)32-17(22(35)36)12(10-38-21(16)32)9-31-6-5-30-8-11(7-25)3-4-13(30)31/h3-6,8,16,21H,2,9-10H2,1H3,(H3-,26,27,28,33,35,36)/b29-15-/t16-,21+/m1/s1. The second-order valence-electron chi connectivity index (χ2n) is 8.35. The number of oxime groups is 1. The number of nitrogen functional groups attached to an aromatic ring is 1. The first-order valence-electron chi connectivity index (χ1n) is 11.4. The van der Waals surface area contributed by atoms with Crippen molar-refractivity contribution in [2.24, 2.45) is 5.16 Å². The Hall–Kier alpha value is -4.13. The van der Waals surface area contributed by atoms with E-state index in [9.17, 15) is 19.5 Å². The monoisotopic (exact) mass is 586 g/mol. The number of carboxylic acid groups (broad SMARTS) is 1. The van der Waals surface area contributed by atoms with Crippen LogP contribution in [0.4, 0.5) is 5.13 Å². The smallest absolute Gasteiger partial charge is 0.286 e. The Kier molecular flexibility index (Phi) is 7.17. The second-order valence-corrected chi connectivity index (χ2v) is 11.1. The Balaban J connectivity index is 1.38. The van der Waals surface area contributed by atoms with Crippen LogP contribution in [0.15, 0.2) is 47.1 Å². The number of carbonyl (C=O) groups is 3. The van der Waals surface area contributed by atoms with Crippen LogP contribution in [-0.4, -0.2) is 61.6 Å². The minimum Gasteiger partial charge on any atom is -0.543 e. The Labute approximate surface area is 234 Å². The van der Waals surface area contributed by atoms with E-state index in [1.54, 1.807) is 42.0 Å². The summed E-state index contributed by atoms with van der Waals surface area (Å²) < 4.78 is 3.69. The summed E-state index contributed by atoms with van der Waals surface area (Å²) in [4.78, 5) is 48.6. The summed E-state index contributed by atoms with van der Waals surface area (Å²) in [6.07, 6.45) is 5.16. The molecule has 0 radical (unpaired) electrons. The van der Waals surface area contributed by atoms with Gasteiger partial charge in [-0.15, -0.1) is 11.8 Å². The molecule has 2 aliphatic rings. The third-order valence-corrected chi connectivity index (χ3v) is 8.42. The van der Waals surface area contributed by atoms with E-state index in [1.807, 2.05) is 4.57 Å². The molecule has 1 fully saturated rings. The zero-order chi connectivity index (χ0) is 27.8. The van der Waals surface area contributed by atoms with Crippen LogP contribution in [0.5, 0.6) is 0 Å². The van der Waals surface area contributed by atoms with Gasteiger partial charge in [0.15, 0.2) is 10.8 Å². The number of nitrogens with one attached hydrogen (secondary N) is 1. The van der Waals surface area contributed by atoms with Gasteiger partial charge in [-0.25, -0.2) is 14.0 Å². The molecule has 5 rings (SSSR count). The van der Waals surface area contributed by atoms with Crippen molar-refractivity contribution in [1.82, 2.24) is 19.6 Å². The zero-order valence-corrected chi connectivity index (χ0v) is 22.5. The number of amides is 2. The summed E-state index contributed by atoms with van der Waals surface area (Å²) in [5, 5.41) is 27.1. The molecule has 2 atom stereocenters. The van der Waals surface area contributed by atoms with E-state index in [0.717, 1.165) is 21.9 Å². The Bertz CT molecular complexity index is 1620. The maximum atomic E-state index is 13.1. The van der Waals surface area contributed by atoms with Gasteiger partial charge >= 0.3 is 0 Å². The molecule has 5 heterocycles. The van der Waals surface area contributed by atoms with Gasteiger partial charge < -0.3 is 25.8 Å². The molecule has 16 heteroatoms. The molecule has 3 aromatic heterocycles. The van der Waals surface area contributed by atoms with Crippen molar-refractivity contribution in [3.8, 4) is 6.07 Å². The molecule has 0 saturated carbocycles. The number of nitrogens with two attached hydrogens (primary N) is 1. The molecule has 13 nitrogen and oxygen atoms in total. The van der Waals surface area contributed by atoms with Crippen molar-refractivity contribution in [3.63, 3.8) is 0 Å². The maximum absolute atomic E-state index is 13.1. The number of β-lactam (4-membered cyclic amide) rings is 1. The molecule has 200 valence electrons. The lowest BCUT2D eigenvalue weighted by Crippen LogP contribution is -2.71. The number of nitriles is 1. The van der Waals surface area contributed by atoms with Crippen LogP contribution in [0.1, 0.15) is 18.2 Å². The van der Waals surface area contributed by atoms with Gasteiger partial charge in [0.25, 0.3) is 17.5 Å². The predicted molar refractivity (Wildman–Crippen MR) is 139 cm³/mol. The molecule has 0 bridgehead atoms. The molecule has 2 amide bonds. The number of carbonyl (C=O) groups excluding carboxylic acids is 3. The quantitative estimate of drug-likeness (QED) is 0.154. The van der Waals surface area contributed by atoms with Crippen molar-refractivity contribution in [2.45, 2.75) is 24.9 Å². The molecule has 3 aromatic rings. The number of hydrogen-bond donors (Lipinski definition) is 2. The highest BCUT2D eigenvalue weighted by molar-refractivity contribution is 8.00. The van der Waals surface area contributed by atoms with E-state index in [4.69, 9.17) is 27.4 Å². The third kappa shape index (κ3) is 4.78. The fraction of sp³-hybridized carbons (Fsp3) is 0.261. The summed E-state index contributed by atoms with van der Waals surface area (Å²) in [7, 11) is 0. The number of hydrogen-bond acceptors (Lipinski definition) is 11. The number of aromatic nitrogens is 3. The van der Waals surface area contributed by atoms with Crippen LogP contribution >= 0.6 is 34.7 Å². The molecular formula is C23H19ClN8O5S2. The van der Waals surface area contributed by atoms with Crippen LogP contribution in [0, 0.1) is 11.3 Å². The summed E-state index contributed by atoms with van der Waals surface area (Å²) in [6.45, 7) is 2.02. The van der Waals surface area contributed by atoms with Crippen LogP contribution in [0.25, 0.3) is 5.65 Å². The number of imidazole rings is 1. The minimum absolute atomic E-state index is 0.0151. The molecule has 0 aromatic carbocycles. The zero-order valence-electron chi connectivity index (χ0n) is 20.2. The number of aliphatic carboxylic acids is 1. The normalized spacial score (nSPS) is 18.9. The number of carboxylic acids is 1. The summed E-state index contributed by atoms with van der Waals surface area (Å²) in [5.74, 6) is -2.60. The van der Waals surface area contributed by atoms with Gasteiger partial charge in [0, 0.05) is 17.4 Å². The van der Waals surface area contributed by atoms with E-state index in [2.05, 4.69) is 21.5 Å². The second kappa shape index (κ2) is 10.6. The number of pyridine rings is 1. The number of thioether (sulfide) groups is 1. The van der Waals surface area contributed by atoms with E-state index in [-0.39, 0.29) is 45.5 Å². The third-order valence-electron chi connectivity index (χ3n) is 6.00. The van der Waals surface area contributed by atoms with Gasteiger partial charge in [-0.2, -0.15) is 5.26 Å². The van der Waals surface area contributed by atoms with Gasteiger partial charge in [0.2, 0.25) is 0 Å². The van der Waals surface area contributed by atoms with Crippen LogP contribution < -0.4 is 20.7 Å². The summed E-state index contributed by atoms with van der Waals surface area (Å²) in [6, 6.07) is 4.46. The van der Waals surface area contributed by atoms with Crippen molar-refractivity contribution in [3.05, 3.63) is 57.6 Å². The van der Waals surface area contributed by atoms with Crippen LogP contribution in [0.3, 0.4) is 0 Å². The van der Waals surface area contributed by atoms with Gasteiger partial charge in [-0.05, 0) is 13.0 Å². The van der Waals surface area contributed by atoms with E-state index < -0.39 is 29.2 Å². The van der Waals surface area contributed by atoms with Crippen molar-refractivity contribution < 1.29 is 28.9 Å². The Morgan fingerprint density at radius 2 is 2.26 bits per heavy atom. The first-order chi connectivity index (χ1) is 18.7. The van der Waals surface area contributed by atoms with Crippen molar-refractivity contribution in [1.29, 1.82) is 5.26 Å². The molecule has 0 spiro atoms. The molecule has 2 aliphatic heterocycles. The summed E-state index contributed by atoms with van der Waals surface area (Å²) in [5.41, 5.74) is 6.90. The lowest BCUT2D eigenvalue weighted by Gasteiger charge is -2.50. The number of nitrogens with zero attached hydrogens (tertiary/aromatic N) is 6. The van der Waals surface area contributed by atoms with Gasteiger partial charge in [0.05, 0.1) is 17.2 Å². The topological polar surface area (TPSA) is 182 Å². The average Bonchev–Trinajstić information content (AvgIpc) is 3.47. The van der Waals surface area contributed by atoms with Gasteiger partial charge in [-0.3, -0.25) is 14.5 Å². The molecule has 0 unspecified atom stereocenters. The molecule has 1 saturated heterocycles. The van der Waals surface area contributed by atoms with Crippen molar-refractivity contribution in [2.75, 3.05) is 18.1 Å². The predicted octanol–water partition coefficient (Wildman–Crippen LogP) is -0.365. The molecular weight excluding hydrogens is 568 g/mol. The maximum Gasteiger partial charge on any atom is 0.286 e. The fourth-order valence-electron chi connectivity index (χ4n) is 4.29. The highest BCUT2D eigenvalue weighted by Crippen LogP contribution is 2.40. The largest absolute Gasteiger partial charge is 0.543 e. The fourth-order valence-corrected chi connectivity index (χ4v) is 6.56. The van der Waals surface area contributed by atoms with Gasteiger partial charge in [-0.1, -0.05) is 28.1 Å². The van der Waals surface area contributed by atoms with Gasteiger partial charge in [0.1, 0.15) is 59.3 Å². The van der Waals surface area contributed by atoms with E-state index in [1.165, 1.54) is 11.8 Å². The highest BCUT2D eigenvalue weighted by Gasteiger charge is 2.53. The molecule has 3 N–H and O–H groups in total. The number of fused-ring (bicyclic) bond motifs is 2. The van der Waals surface area contributed by atoms with E-state index in [0.29, 0.717) is 11.1 Å². The first-order valence-corrected chi connectivity index (χ1v) is 13.7. The number of rotatable bonds is 8. The van der Waals surface area contributed by atoms with Crippen molar-refractivity contribution >= 4 is 69.0 Å². The number of anilines is 1. The first kappa shape index (κ1) is 26.5. The Morgan fingerprint density at radius 3 is 2.92 bits per heavy atom. The molecule has 39 heavy (non-hydrogen) atoms. The Morgan fingerprint density at radius 1 is 1.46 bits per heavy atom. The lowest BCUT2D eigenvalue weighted by molar-refractivity contribution is -0.662. The minimum atomic E-state index is -1.49. The SMILES string of the molecule is CCO/N=C(\C(=O)N[C@@H]1C(=O)N2C(C(=O)[O-])=C(C[n+]3ccn4cc(C#N)ccc43)CS[C@@H]12)c1nc(N)sc1Cl. The van der Waals surface area contributed by atoms with Crippen LogP contribution in [0.2, 0.25) is 4.34 Å². The summed E-state index contributed by atoms with van der Waals surface area (Å²) >= 11 is 8.41.